The number of aliphatic imine (C=N–C) groups is 1. The number of aromatic nitrogens is 4. The van der Waals surface area contributed by atoms with E-state index in [0.29, 0.717) is 12.5 Å². The Balaban J connectivity index is 0.00000341. The second-order valence-electron chi connectivity index (χ2n) is 6.92. The number of halogens is 4. The van der Waals surface area contributed by atoms with Crippen molar-refractivity contribution >= 4 is 29.9 Å². The number of nitrogens with one attached hydrogen (secondary N) is 2. The van der Waals surface area contributed by atoms with E-state index in [2.05, 4.69) is 25.8 Å². The number of aryl methyl sites for hydroxylation is 3. The standard InChI is InChI=1S/C20H24F3N7.HI/c1-13-9-14(2)30(27-13)17-8-6-5-7-15(17)10-25-19(24-3)26-11-16-12-29(4)28-18(16)20(21,22)23;/h5-9,12H,10-11H2,1-4H3,(H2,24,25,26);1H. The summed E-state index contributed by atoms with van der Waals surface area (Å²) in [6.07, 6.45) is -3.16. The molecule has 2 aromatic heterocycles. The summed E-state index contributed by atoms with van der Waals surface area (Å²) in [5, 5.41) is 14.1. The van der Waals surface area contributed by atoms with Crippen molar-refractivity contribution in [2.75, 3.05) is 7.05 Å². The van der Waals surface area contributed by atoms with Crippen molar-refractivity contribution in [3.63, 3.8) is 0 Å². The van der Waals surface area contributed by atoms with E-state index in [1.165, 1.54) is 13.2 Å². The van der Waals surface area contributed by atoms with Gasteiger partial charge in [-0.15, -0.1) is 24.0 Å². The molecule has 0 aliphatic rings. The third-order valence-electron chi connectivity index (χ3n) is 4.52. The van der Waals surface area contributed by atoms with Crippen molar-refractivity contribution in [1.82, 2.24) is 30.2 Å². The highest BCUT2D eigenvalue weighted by molar-refractivity contribution is 14.0. The summed E-state index contributed by atoms with van der Waals surface area (Å²) >= 11 is 0. The highest BCUT2D eigenvalue weighted by atomic mass is 127. The molecule has 0 saturated carbocycles. The molecule has 0 bridgehead atoms. The molecule has 168 valence electrons. The van der Waals surface area contributed by atoms with Gasteiger partial charge in [0.1, 0.15) is 0 Å². The summed E-state index contributed by atoms with van der Waals surface area (Å²) in [5.41, 5.74) is 2.99. The maximum absolute atomic E-state index is 13.1. The van der Waals surface area contributed by atoms with Crippen LogP contribution in [0.2, 0.25) is 0 Å². The molecule has 2 heterocycles. The van der Waals surface area contributed by atoms with Crippen LogP contribution in [0.25, 0.3) is 5.69 Å². The number of alkyl halides is 3. The van der Waals surface area contributed by atoms with Gasteiger partial charge in [0.25, 0.3) is 0 Å². The summed E-state index contributed by atoms with van der Waals surface area (Å²) in [7, 11) is 3.03. The Morgan fingerprint density at radius 3 is 2.29 bits per heavy atom. The van der Waals surface area contributed by atoms with Crippen molar-refractivity contribution in [3.05, 3.63) is 64.7 Å². The minimum Gasteiger partial charge on any atom is -0.352 e. The first-order chi connectivity index (χ1) is 14.2. The van der Waals surface area contributed by atoms with E-state index in [1.807, 2.05) is 48.9 Å². The van der Waals surface area contributed by atoms with Gasteiger partial charge in [-0.3, -0.25) is 9.67 Å². The predicted molar refractivity (Wildman–Crippen MR) is 124 cm³/mol. The molecule has 1 aromatic carbocycles. The maximum atomic E-state index is 13.1. The van der Waals surface area contributed by atoms with Crippen LogP contribution in [-0.2, 0) is 26.3 Å². The molecule has 0 fully saturated rings. The van der Waals surface area contributed by atoms with E-state index in [1.54, 1.807) is 7.05 Å². The lowest BCUT2D eigenvalue weighted by Gasteiger charge is -2.15. The van der Waals surface area contributed by atoms with Crippen molar-refractivity contribution in [2.45, 2.75) is 33.1 Å². The SMILES string of the molecule is CN=C(NCc1ccccc1-n1nc(C)cc1C)NCc1cn(C)nc1C(F)(F)F.I. The van der Waals surface area contributed by atoms with E-state index in [9.17, 15) is 13.2 Å². The smallest absolute Gasteiger partial charge is 0.352 e. The van der Waals surface area contributed by atoms with Gasteiger partial charge in [0.15, 0.2) is 11.7 Å². The summed E-state index contributed by atoms with van der Waals surface area (Å²) < 4.78 is 42.4. The summed E-state index contributed by atoms with van der Waals surface area (Å²) in [4.78, 5) is 4.10. The molecule has 31 heavy (non-hydrogen) atoms. The Labute approximate surface area is 195 Å². The van der Waals surface area contributed by atoms with Crippen LogP contribution in [0.4, 0.5) is 13.2 Å². The molecule has 0 unspecified atom stereocenters. The Kier molecular flexibility index (Phi) is 8.09. The van der Waals surface area contributed by atoms with Gasteiger partial charge in [-0.05, 0) is 31.5 Å². The molecule has 0 radical (unpaired) electrons. The zero-order chi connectivity index (χ0) is 21.9. The first-order valence-electron chi connectivity index (χ1n) is 9.35. The van der Waals surface area contributed by atoms with Gasteiger partial charge in [0, 0.05) is 44.6 Å². The van der Waals surface area contributed by atoms with Crippen molar-refractivity contribution in [1.29, 1.82) is 0 Å². The third-order valence-corrected chi connectivity index (χ3v) is 4.52. The number of hydrogen-bond donors (Lipinski definition) is 2. The van der Waals surface area contributed by atoms with Crippen LogP contribution >= 0.6 is 24.0 Å². The van der Waals surface area contributed by atoms with Crippen LogP contribution in [0.5, 0.6) is 0 Å². The Morgan fingerprint density at radius 1 is 1.06 bits per heavy atom. The van der Waals surface area contributed by atoms with Gasteiger partial charge in [-0.2, -0.15) is 23.4 Å². The van der Waals surface area contributed by atoms with Crippen LogP contribution in [0.1, 0.15) is 28.2 Å². The maximum Gasteiger partial charge on any atom is 0.435 e. The van der Waals surface area contributed by atoms with Gasteiger partial charge in [-0.1, -0.05) is 18.2 Å². The topological polar surface area (TPSA) is 72.1 Å². The minimum absolute atomic E-state index is 0. The molecular formula is C20H25F3IN7. The van der Waals surface area contributed by atoms with Crippen LogP contribution in [0.15, 0.2) is 41.5 Å². The lowest BCUT2D eigenvalue weighted by molar-refractivity contribution is -0.142. The van der Waals surface area contributed by atoms with E-state index >= 15 is 0 Å². The average molecular weight is 547 g/mol. The summed E-state index contributed by atoms with van der Waals surface area (Å²) in [5.74, 6) is 0.384. The molecule has 0 aliphatic heterocycles. The lowest BCUT2D eigenvalue weighted by atomic mass is 10.1. The van der Waals surface area contributed by atoms with Gasteiger partial charge in [-0.25, -0.2) is 4.68 Å². The van der Waals surface area contributed by atoms with Crippen molar-refractivity contribution in [3.8, 4) is 5.69 Å². The fourth-order valence-electron chi connectivity index (χ4n) is 3.22. The largest absolute Gasteiger partial charge is 0.435 e. The molecule has 3 rings (SSSR count). The highest BCUT2D eigenvalue weighted by Crippen LogP contribution is 2.30. The van der Waals surface area contributed by atoms with Crippen molar-refractivity contribution < 1.29 is 13.2 Å². The second kappa shape index (κ2) is 10.2. The van der Waals surface area contributed by atoms with Crippen LogP contribution < -0.4 is 10.6 Å². The molecule has 3 aromatic rings. The van der Waals surface area contributed by atoms with Gasteiger partial charge in [0.05, 0.1) is 11.4 Å². The first-order valence-corrected chi connectivity index (χ1v) is 9.35. The molecule has 7 nitrogen and oxygen atoms in total. The molecule has 2 N–H and O–H groups in total. The fourth-order valence-corrected chi connectivity index (χ4v) is 3.22. The normalized spacial score (nSPS) is 11.9. The molecule has 11 heteroatoms. The van der Waals surface area contributed by atoms with Gasteiger partial charge in [0.2, 0.25) is 0 Å². The molecule has 0 saturated heterocycles. The van der Waals surface area contributed by atoms with E-state index in [-0.39, 0.29) is 36.1 Å². The monoisotopic (exact) mass is 547 g/mol. The Bertz CT molecular complexity index is 1050. The van der Waals surface area contributed by atoms with Crippen LogP contribution in [0, 0.1) is 13.8 Å². The third kappa shape index (κ3) is 5.99. The zero-order valence-corrected chi connectivity index (χ0v) is 20.0. The fraction of sp³-hybridized carbons (Fsp3) is 0.350. The molecule has 0 spiro atoms. The summed E-state index contributed by atoms with van der Waals surface area (Å²) in [6, 6.07) is 9.79. The number of rotatable bonds is 5. The van der Waals surface area contributed by atoms with Crippen LogP contribution in [-0.4, -0.2) is 32.6 Å². The van der Waals surface area contributed by atoms with Gasteiger partial charge >= 0.3 is 6.18 Å². The minimum atomic E-state index is -4.51. The molecule has 0 atom stereocenters. The number of benzene rings is 1. The highest BCUT2D eigenvalue weighted by Gasteiger charge is 2.36. The number of nitrogens with zero attached hydrogens (tertiary/aromatic N) is 5. The van der Waals surface area contributed by atoms with Crippen LogP contribution in [0.3, 0.4) is 0 Å². The number of hydrogen-bond acceptors (Lipinski definition) is 3. The zero-order valence-electron chi connectivity index (χ0n) is 17.7. The summed E-state index contributed by atoms with van der Waals surface area (Å²) in [6.45, 7) is 4.29. The Morgan fingerprint density at radius 2 is 1.71 bits per heavy atom. The Hall–Kier alpha value is -2.57. The second-order valence-corrected chi connectivity index (χ2v) is 6.92. The molecule has 0 aliphatic carbocycles. The lowest BCUT2D eigenvalue weighted by Crippen LogP contribution is -2.36. The molecular weight excluding hydrogens is 522 g/mol. The number of para-hydroxylation sites is 1. The predicted octanol–water partition coefficient (Wildman–Crippen LogP) is 3.72. The first kappa shape index (κ1) is 24.7. The van der Waals surface area contributed by atoms with E-state index in [0.717, 1.165) is 27.3 Å². The number of guanidine groups is 1. The quantitative estimate of drug-likeness (QED) is 0.290. The van der Waals surface area contributed by atoms with E-state index < -0.39 is 11.9 Å². The molecule has 0 amide bonds. The van der Waals surface area contributed by atoms with E-state index in [4.69, 9.17) is 0 Å². The van der Waals surface area contributed by atoms with Gasteiger partial charge < -0.3 is 10.6 Å². The van der Waals surface area contributed by atoms with Crippen molar-refractivity contribution in [2.24, 2.45) is 12.0 Å². The average Bonchev–Trinajstić information content (AvgIpc) is 3.23.